The van der Waals surface area contributed by atoms with E-state index in [9.17, 15) is 4.79 Å². The summed E-state index contributed by atoms with van der Waals surface area (Å²) in [5.74, 6) is -0.0359. The molecule has 0 unspecified atom stereocenters. The van der Waals surface area contributed by atoms with Gasteiger partial charge in [0.25, 0.3) is 5.91 Å². The Kier molecular flexibility index (Phi) is 8.95. The van der Waals surface area contributed by atoms with E-state index in [0.717, 1.165) is 56.4 Å². The second kappa shape index (κ2) is 12.6. The second-order valence-corrected chi connectivity index (χ2v) is 11.8. The molecule has 2 heterocycles. The molecule has 5 rings (SSSR count). The molecule has 3 aromatic carbocycles. The van der Waals surface area contributed by atoms with Crippen molar-refractivity contribution < 1.29 is 9.53 Å². The lowest BCUT2D eigenvalue weighted by Crippen LogP contribution is -2.46. The molecular weight excluding hydrogens is 597 g/mol. The van der Waals surface area contributed by atoms with Crippen molar-refractivity contribution in [3.8, 4) is 0 Å². The van der Waals surface area contributed by atoms with E-state index in [4.69, 9.17) is 4.74 Å². The number of fused-ring (bicyclic) bond motifs is 1. The van der Waals surface area contributed by atoms with Crippen molar-refractivity contribution in [1.82, 2.24) is 15.2 Å². The van der Waals surface area contributed by atoms with E-state index in [0.29, 0.717) is 5.56 Å². The summed E-state index contributed by atoms with van der Waals surface area (Å²) < 4.78 is 7.32. The fourth-order valence-electron chi connectivity index (χ4n) is 5.56. The molecule has 4 aromatic rings. The van der Waals surface area contributed by atoms with Crippen LogP contribution in [0.5, 0.6) is 0 Å². The lowest BCUT2D eigenvalue weighted by Gasteiger charge is -2.41. The topological polar surface area (TPSA) is 54.5 Å². The van der Waals surface area contributed by atoms with Gasteiger partial charge in [0, 0.05) is 53.9 Å². The van der Waals surface area contributed by atoms with Gasteiger partial charge in [-0.05, 0) is 101 Å². The molecule has 1 aliphatic rings. The van der Waals surface area contributed by atoms with Crippen LogP contribution in [0.3, 0.4) is 0 Å². The Bertz CT molecular complexity index is 1400. The fourth-order valence-corrected chi connectivity index (χ4v) is 5.92. The van der Waals surface area contributed by atoms with Gasteiger partial charge in [0.2, 0.25) is 0 Å². The van der Waals surface area contributed by atoms with E-state index >= 15 is 0 Å². The van der Waals surface area contributed by atoms with Gasteiger partial charge in [-0.2, -0.15) is 0 Å². The number of ether oxygens (including phenoxy) is 1. The molecule has 1 aromatic heterocycles. The summed E-state index contributed by atoms with van der Waals surface area (Å²) >= 11 is 2.30. The fraction of sp³-hybridized carbons (Fsp3) is 0.333. The maximum atomic E-state index is 13.0. The van der Waals surface area contributed by atoms with Crippen molar-refractivity contribution in [2.75, 3.05) is 20.2 Å². The van der Waals surface area contributed by atoms with Crippen molar-refractivity contribution in [2.24, 2.45) is 0 Å². The summed E-state index contributed by atoms with van der Waals surface area (Å²) in [4.78, 5) is 19.9. The van der Waals surface area contributed by atoms with E-state index < -0.39 is 0 Å². The molecule has 0 spiro atoms. The standard InChI is InChI=1S/C33H36IN3O2/c1-3-30(26-11-13-29(34)14-12-26)36-32(38)27-9-6-24(7-10-27)22-33(39-2)16-19-37(20-17-33)23-25-8-15-31-28(21-25)5-4-18-35-31/h4-15,18,21,30H,3,16-17,19-20,22-23H2,1-2H3,(H,36,38)/t30-/m1/s1. The highest BCUT2D eigenvalue weighted by Gasteiger charge is 2.34. The first-order valence-corrected chi connectivity index (χ1v) is 14.8. The molecule has 0 aliphatic carbocycles. The number of rotatable bonds is 9. The Morgan fingerprint density at radius 3 is 2.44 bits per heavy atom. The Labute approximate surface area is 245 Å². The number of nitrogens with zero attached hydrogens (tertiary/aromatic N) is 2. The molecule has 1 N–H and O–H groups in total. The molecular formula is C33H36IN3O2. The molecule has 0 saturated carbocycles. The molecule has 202 valence electrons. The number of nitrogens with one attached hydrogen (secondary N) is 1. The van der Waals surface area contributed by atoms with Gasteiger partial charge < -0.3 is 10.1 Å². The molecule has 39 heavy (non-hydrogen) atoms. The zero-order chi connectivity index (χ0) is 27.2. The lowest BCUT2D eigenvalue weighted by molar-refractivity contribution is -0.0578. The summed E-state index contributed by atoms with van der Waals surface area (Å²) in [6, 6.07) is 27.1. The highest BCUT2D eigenvalue weighted by Crippen LogP contribution is 2.31. The molecule has 1 aliphatic heterocycles. The Morgan fingerprint density at radius 2 is 1.74 bits per heavy atom. The van der Waals surface area contributed by atoms with Crippen molar-refractivity contribution in [2.45, 2.75) is 50.8 Å². The number of pyridine rings is 1. The Hall–Kier alpha value is -2.81. The number of carbonyl (C=O) groups is 1. The molecule has 1 amide bonds. The summed E-state index contributed by atoms with van der Waals surface area (Å²) in [6.45, 7) is 5.03. The van der Waals surface area contributed by atoms with Crippen LogP contribution in [0, 0.1) is 3.57 Å². The summed E-state index contributed by atoms with van der Waals surface area (Å²) in [5, 5.41) is 4.39. The molecule has 0 bridgehead atoms. The number of benzene rings is 3. The SMILES string of the molecule is CC[C@@H](NC(=O)c1ccc(CC2(OC)CCN(Cc3ccc4ncccc4c3)CC2)cc1)c1ccc(I)cc1. The van der Waals surface area contributed by atoms with Crippen LogP contribution < -0.4 is 5.32 Å². The molecule has 5 nitrogen and oxygen atoms in total. The molecule has 1 saturated heterocycles. The van der Waals surface area contributed by atoms with Crippen LogP contribution >= 0.6 is 22.6 Å². The third-order valence-corrected chi connectivity index (χ3v) is 8.72. The van der Waals surface area contributed by atoms with Gasteiger partial charge in [-0.3, -0.25) is 14.7 Å². The average Bonchev–Trinajstić information content (AvgIpc) is 2.98. The van der Waals surface area contributed by atoms with E-state index in [1.54, 1.807) is 0 Å². The van der Waals surface area contributed by atoms with Gasteiger partial charge >= 0.3 is 0 Å². The van der Waals surface area contributed by atoms with Crippen LogP contribution in [-0.4, -0.2) is 41.6 Å². The van der Waals surface area contributed by atoms with Gasteiger partial charge in [0.1, 0.15) is 0 Å². The first kappa shape index (κ1) is 27.7. The van der Waals surface area contributed by atoms with Crippen LogP contribution in [0.4, 0.5) is 0 Å². The van der Waals surface area contributed by atoms with Crippen molar-refractivity contribution in [3.05, 3.63) is 111 Å². The first-order valence-electron chi connectivity index (χ1n) is 13.7. The lowest BCUT2D eigenvalue weighted by atomic mass is 9.84. The van der Waals surface area contributed by atoms with Crippen LogP contribution in [0.1, 0.15) is 59.3 Å². The number of piperidine rings is 1. The highest BCUT2D eigenvalue weighted by atomic mass is 127. The van der Waals surface area contributed by atoms with E-state index in [2.05, 4.69) is 105 Å². The summed E-state index contributed by atoms with van der Waals surface area (Å²) in [7, 11) is 1.84. The number of likely N-dealkylation sites (tertiary alicyclic amines) is 1. The zero-order valence-corrected chi connectivity index (χ0v) is 24.9. The molecule has 0 radical (unpaired) electrons. The second-order valence-electron chi connectivity index (χ2n) is 10.6. The van der Waals surface area contributed by atoms with Crippen molar-refractivity contribution >= 4 is 39.4 Å². The van der Waals surface area contributed by atoms with Gasteiger partial charge in [0.15, 0.2) is 0 Å². The molecule has 6 heteroatoms. The summed E-state index contributed by atoms with van der Waals surface area (Å²) in [6.07, 6.45) is 5.49. The molecule has 1 fully saturated rings. The number of methoxy groups -OCH3 is 1. The summed E-state index contributed by atoms with van der Waals surface area (Å²) in [5.41, 5.74) is 5.21. The number of amides is 1. The van der Waals surface area contributed by atoms with Crippen molar-refractivity contribution in [3.63, 3.8) is 0 Å². The van der Waals surface area contributed by atoms with E-state index in [1.807, 2.05) is 31.5 Å². The maximum Gasteiger partial charge on any atom is 0.251 e. The van der Waals surface area contributed by atoms with Gasteiger partial charge in [-0.25, -0.2) is 0 Å². The monoisotopic (exact) mass is 633 g/mol. The van der Waals surface area contributed by atoms with Crippen LogP contribution in [0.15, 0.2) is 85.1 Å². The quantitative estimate of drug-likeness (QED) is 0.203. The predicted octanol–water partition coefficient (Wildman–Crippen LogP) is 6.94. The number of aromatic nitrogens is 1. The normalized spacial score (nSPS) is 16.2. The van der Waals surface area contributed by atoms with Gasteiger partial charge in [-0.15, -0.1) is 0 Å². The smallest absolute Gasteiger partial charge is 0.251 e. The number of carbonyl (C=O) groups excluding carboxylic acids is 1. The van der Waals surface area contributed by atoms with Gasteiger partial charge in [-0.1, -0.05) is 43.3 Å². The maximum absolute atomic E-state index is 13.0. The first-order chi connectivity index (χ1) is 19.0. The highest BCUT2D eigenvalue weighted by molar-refractivity contribution is 14.1. The predicted molar refractivity (Wildman–Crippen MR) is 166 cm³/mol. The Balaban J connectivity index is 1.17. The van der Waals surface area contributed by atoms with Gasteiger partial charge in [0.05, 0.1) is 17.2 Å². The Morgan fingerprint density at radius 1 is 1.03 bits per heavy atom. The minimum absolute atomic E-state index is 0.00222. The number of halogens is 1. The van der Waals surface area contributed by atoms with E-state index in [-0.39, 0.29) is 17.6 Å². The number of hydrogen-bond donors (Lipinski definition) is 1. The molecule has 1 atom stereocenters. The van der Waals surface area contributed by atoms with Crippen molar-refractivity contribution in [1.29, 1.82) is 0 Å². The average molecular weight is 634 g/mol. The van der Waals surface area contributed by atoms with E-state index in [1.165, 1.54) is 20.1 Å². The third kappa shape index (κ3) is 6.86. The van der Waals surface area contributed by atoms with Crippen LogP contribution in [0.2, 0.25) is 0 Å². The minimum Gasteiger partial charge on any atom is -0.378 e. The largest absolute Gasteiger partial charge is 0.378 e. The number of hydrogen-bond acceptors (Lipinski definition) is 4. The van der Waals surface area contributed by atoms with Crippen LogP contribution in [-0.2, 0) is 17.7 Å². The van der Waals surface area contributed by atoms with Crippen LogP contribution in [0.25, 0.3) is 10.9 Å². The minimum atomic E-state index is -0.175. The zero-order valence-electron chi connectivity index (χ0n) is 22.7. The third-order valence-electron chi connectivity index (χ3n) is 8.00.